The maximum atomic E-state index is 9.00. The monoisotopic (exact) mass is 189 g/mol. The molecule has 0 bridgehead atoms. The first-order chi connectivity index (χ1) is 6.83. The number of benzene rings is 1. The molecule has 0 fully saturated rings. The summed E-state index contributed by atoms with van der Waals surface area (Å²) >= 11 is 0. The second-order valence-electron chi connectivity index (χ2n) is 3.58. The maximum Gasteiger partial charge on any atom is 0.0606 e. The third-order valence-corrected chi connectivity index (χ3v) is 2.63. The number of hydrogen-bond acceptors (Lipinski definition) is 2. The van der Waals surface area contributed by atoms with E-state index in [9.17, 15) is 0 Å². The van der Waals surface area contributed by atoms with Gasteiger partial charge in [-0.25, -0.2) is 0 Å². The molecule has 1 unspecified atom stereocenters. The second-order valence-corrected chi connectivity index (χ2v) is 3.58. The van der Waals surface area contributed by atoms with E-state index in [2.05, 4.69) is 36.1 Å². The number of fused-ring (bicyclic) bond motifs is 1. The zero-order chi connectivity index (χ0) is 9.97. The third kappa shape index (κ3) is 1.53. The Morgan fingerprint density at radius 3 is 2.93 bits per heavy atom. The maximum absolute atomic E-state index is 9.00. The highest BCUT2D eigenvalue weighted by Crippen LogP contribution is 2.27. The highest BCUT2D eigenvalue weighted by molar-refractivity contribution is 5.72. The average molecular weight is 189 g/mol. The number of nitrogens with zero attached hydrogens (tertiary/aromatic N) is 1. The summed E-state index contributed by atoms with van der Waals surface area (Å²) in [7, 11) is 0. The van der Waals surface area contributed by atoms with E-state index in [1.807, 2.05) is 12.1 Å². The first kappa shape index (κ1) is 9.28. The minimum absolute atomic E-state index is 0.201. The fourth-order valence-electron chi connectivity index (χ4n) is 1.89. The van der Waals surface area contributed by atoms with E-state index in [1.54, 1.807) is 0 Å². The minimum atomic E-state index is 0.201. The van der Waals surface area contributed by atoms with Gasteiger partial charge in [-0.15, -0.1) is 0 Å². The lowest BCUT2D eigenvalue weighted by Gasteiger charge is -2.33. The zero-order valence-electron chi connectivity index (χ0n) is 8.35. The predicted molar refractivity (Wildman–Crippen MR) is 59.4 cm³/mol. The Morgan fingerprint density at radius 2 is 2.14 bits per heavy atom. The van der Waals surface area contributed by atoms with Gasteiger partial charge in [-0.2, -0.15) is 0 Å². The molecule has 0 saturated heterocycles. The van der Waals surface area contributed by atoms with Gasteiger partial charge in [0.05, 0.1) is 6.61 Å². The number of anilines is 1. The minimum Gasteiger partial charge on any atom is -0.395 e. The molecule has 1 aliphatic heterocycles. The summed E-state index contributed by atoms with van der Waals surface area (Å²) in [5.74, 6) is 0. The quantitative estimate of drug-likeness (QED) is 0.768. The van der Waals surface area contributed by atoms with Gasteiger partial charge in [0, 0.05) is 18.3 Å². The van der Waals surface area contributed by atoms with E-state index < -0.39 is 0 Å². The van der Waals surface area contributed by atoms with Gasteiger partial charge in [-0.3, -0.25) is 0 Å². The van der Waals surface area contributed by atoms with Crippen molar-refractivity contribution in [1.29, 1.82) is 0 Å². The number of aliphatic hydroxyl groups is 1. The van der Waals surface area contributed by atoms with Gasteiger partial charge in [0.25, 0.3) is 0 Å². The van der Waals surface area contributed by atoms with Crippen molar-refractivity contribution >= 4 is 11.8 Å². The lowest BCUT2D eigenvalue weighted by molar-refractivity contribution is 0.300. The van der Waals surface area contributed by atoms with Crippen molar-refractivity contribution in [3.05, 3.63) is 35.9 Å². The molecule has 74 valence electrons. The Balaban J connectivity index is 2.37. The van der Waals surface area contributed by atoms with E-state index >= 15 is 0 Å². The molecule has 2 heteroatoms. The summed E-state index contributed by atoms with van der Waals surface area (Å²) in [4.78, 5) is 2.22. The van der Waals surface area contributed by atoms with Crippen molar-refractivity contribution < 1.29 is 5.11 Å². The molecule has 0 amide bonds. The van der Waals surface area contributed by atoms with E-state index in [0.29, 0.717) is 12.6 Å². The molecule has 2 nitrogen and oxygen atoms in total. The molecule has 2 rings (SSSR count). The largest absolute Gasteiger partial charge is 0.395 e. The van der Waals surface area contributed by atoms with Crippen LogP contribution in [-0.2, 0) is 0 Å². The summed E-state index contributed by atoms with van der Waals surface area (Å²) in [6.07, 6.45) is 4.31. The molecule has 0 aliphatic carbocycles. The highest BCUT2D eigenvalue weighted by atomic mass is 16.3. The van der Waals surface area contributed by atoms with Crippen molar-refractivity contribution in [2.24, 2.45) is 0 Å². The molecule has 1 N–H and O–H groups in total. The highest BCUT2D eigenvalue weighted by Gasteiger charge is 2.17. The molecule has 0 spiro atoms. The number of hydrogen-bond donors (Lipinski definition) is 1. The predicted octanol–water partition coefficient (Wildman–Crippen LogP) is 1.90. The fraction of sp³-hybridized carbons (Fsp3) is 0.333. The molecule has 1 heterocycles. The summed E-state index contributed by atoms with van der Waals surface area (Å²) in [5, 5.41) is 9.00. The zero-order valence-corrected chi connectivity index (χ0v) is 8.35. The van der Waals surface area contributed by atoms with Gasteiger partial charge in [-0.1, -0.05) is 30.4 Å². The number of aliphatic hydroxyl groups excluding tert-OH is 1. The van der Waals surface area contributed by atoms with Crippen molar-refractivity contribution in [2.75, 3.05) is 18.1 Å². The number of rotatable bonds is 2. The summed E-state index contributed by atoms with van der Waals surface area (Å²) in [6.45, 7) is 3.04. The third-order valence-electron chi connectivity index (χ3n) is 2.63. The summed E-state index contributed by atoms with van der Waals surface area (Å²) in [5.41, 5.74) is 2.45. The van der Waals surface area contributed by atoms with Crippen LogP contribution >= 0.6 is 0 Å². The molecule has 1 aromatic carbocycles. The Hall–Kier alpha value is -1.28. The Bertz CT molecular complexity index is 346. The summed E-state index contributed by atoms with van der Waals surface area (Å²) in [6, 6.07) is 8.65. The molecule has 1 aliphatic rings. The van der Waals surface area contributed by atoms with Crippen LogP contribution in [0.1, 0.15) is 12.5 Å². The van der Waals surface area contributed by atoms with Crippen LogP contribution in [0.3, 0.4) is 0 Å². The van der Waals surface area contributed by atoms with Gasteiger partial charge in [0.2, 0.25) is 0 Å². The van der Waals surface area contributed by atoms with E-state index in [0.717, 1.165) is 0 Å². The molecule has 14 heavy (non-hydrogen) atoms. The molecular weight excluding hydrogens is 174 g/mol. The first-order valence-electron chi connectivity index (χ1n) is 4.97. The molecule has 1 aromatic rings. The SMILES string of the molecule is CC1C=Cc2ccccc2N1CCO. The second kappa shape index (κ2) is 3.84. The number of para-hydroxylation sites is 1. The molecule has 0 saturated carbocycles. The Kier molecular flexibility index (Phi) is 2.55. The Labute approximate surface area is 84.5 Å². The molecule has 0 aromatic heterocycles. The fourth-order valence-corrected chi connectivity index (χ4v) is 1.89. The smallest absolute Gasteiger partial charge is 0.0606 e. The van der Waals surface area contributed by atoms with Crippen LogP contribution in [0, 0.1) is 0 Å². The van der Waals surface area contributed by atoms with Crippen molar-refractivity contribution in [3.63, 3.8) is 0 Å². The molecule has 1 atom stereocenters. The van der Waals surface area contributed by atoms with Crippen LogP contribution in [0.15, 0.2) is 30.3 Å². The topological polar surface area (TPSA) is 23.5 Å². The number of β-amino-alcohol motifs (C(OH)–C–C–N with tert-alkyl or cyclic N) is 1. The lowest BCUT2D eigenvalue weighted by Crippen LogP contribution is -2.36. The van der Waals surface area contributed by atoms with Crippen LogP contribution in [-0.4, -0.2) is 24.3 Å². The lowest BCUT2D eigenvalue weighted by atomic mass is 10.0. The van der Waals surface area contributed by atoms with Crippen molar-refractivity contribution in [3.8, 4) is 0 Å². The standard InChI is InChI=1S/C12H15NO/c1-10-6-7-11-4-2-3-5-12(11)13(10)8-9-14/h2-7,10,14H,8-9H2,1H3. The van der Waals surface area contributed by atoms with Crippen molar-refractivity contribution in [2.45, 2.75) is 13.0 Å². The van der Waals surface area contributed by atoms with Crippen LogP contribution < -0.4 is 4.90 Å². The normalized spacial score (nSPS) is 19.6. The average Bonchev–Trinajstić information content (AvgIpc) is 2.23. The van der Waals surface area contributed by atoms with Crippen LogP contribution in [0.4, 0.5) is 5.69 Å². The Morgan fingerprint density at radius 1 is 1.36 bits per heavy atom. The van der Waals surface area contributed by atoms with Crippen LogP contribution in [0.5, 0.6) is 0 Å². The van der Waals surface area contributed by atoms with Gasteiger partial charge in [0.1, 0.15) is 0 Å². The van der Waals surface area contributed by atoms with Gasteiger partial charge in [0.15, 0.2) is 0 Å². The van der Waals surface area contributed by atoms with Crippen LogP contribution in [0.2, 0.25) is 0 Å². The van der Waals surface area contributed by atoms with E-state index in [1.165, 1.54) is 11.3 Å². The first-order valence-corrected chi connectivity index (χ1v) is 4.97. The molecule has 0 radical (unpaired) electrons. The summed E-state index contributed by atoms with van der Waals surface area (Å²) < 4.78 is 0. The van der Waals surface area contributed by atoms with Gasteiger partial charge < -0.3 is 10.0 Å². The van der Waals surface area contributed by atoms with Crippen molar-refractivity contribution in [1.82, 2.24) is 0 Å². The van der Waals surface area contributed by atoms with Crippen LogP contribution in [0.25, 0.3) is 6.08 Å². The van der Waals surface area contributed by atoms with E-state index in [-0.39, 0.29) is 6.61 Å². The van der Waals surface area contributed by atoms with E-state index in [4.69, 9.17) is 5.11 Å². The molecular formula is C12H15NO. The van der Waals surface area contributed by atoms with Gasteiger partial charge >= 0.3 is 0 Å². The van der Waals surface area contributed by atoms with Gasteiger partial charge in [-0.05, 0) is 18.6 Å².